The Balaban J connectivity index is 1.65. The standard InChI is InChI=1S/C18H16N2O5S/c1-12(21)13-6-8-14(9-7-13)19-17(22)10-11-20-18(23)15-4-2-3-5-16(15)26(20,24)25/h2-9H,10-11H2,1H3,(H,19,22). The molecule has 0 unspecified atom stereocenters. The summed E-state index contributed by atoms with van der Waals surface area (Å²) < 4.78 is 25.5. The lowest BCUT2D eigenvalue weighted by Gasteiger charge is -2.14. The topological polar surface area (TPSA) is 101 Å². The van der Waals surface area contributed by atoms with Gasteiger partial charge in [-0.05, 0) is 43.3 Å². The van der Waals surface area contributed by atoms with E-state index in [1.807, 2.05) is 0 Å². The second-order valence-electron chi connectivity index (χ2n) is 5.81. The highest BCUT2D eigenvalue weighted by atomic mass is 32.2. The largest absolute Gasteiger partial charge is 0.326 e. The summed E-state index contributed by atoms with van der Waals surface area (Å²) >= 11 is 0. The van der Waals surface area contributed by atoms with Crippen molar-refractivity contribution in [1.82, 2.24) is 4.31 Å². The van der Waals surface area contributed by atoms with Gasteiger partial charge in [-0.25, -0.2) is 12.7 Å². The predicted molar refractivity (Wildman–Crippen MR) is 94.4 cm³/mol. The maximum atomic E-state index is 12.4. The number of anilines is 1. The Bertz CT molecular complexity index is 996. The number of hydrogen-bond donors (Lipinski definition) is 1. The molecule has 1 aliphatic rings. The van der Waals surface area contributed by atoms with E-state index in [9.17, 15) is 22.8 Å². The van der Waals surface area contributed by atoms with E-state index in [0.29, 0.717) is 11.3 Å². The molecule has 1 aliphatic heterocycles. The molecule has 3 rings (SSSR count). The number of sulfonamides is 1. The Morgan fingerprint density at radius 2 is 1.69 bits per heavy atom. The van der Waals surface area contributed by atoms with Gasteiger partial charge < -0.3 is 5.32 Å². The van der Waals surface area contributed by atoms with E-state index >= 15 is 0 Å². The van der Waals surface area contributed by atoms with E-state index < -0.39 is 21.8 Å². The van der Waals surface area contributed by atoms with Crippen LogP contribution in [0.1, 0.15) is 34.1 Å². The summed E-state index contributed by atoms with van der Waals surface area (Å²) in [5.41, 5.74) is 1.13. The van der Waals surface area contributed by atoms with E-state index in [4.69, 9.17) is 0 Å². The van der Waals surface area contributed by atoms with Crippen molar-refractivity contribution >= 4 is 33.3 Å². The summed E-state index contributed by atoms with van der Waals surface area (Å²) in [6.07, 6.45) is -0.173. The highest BCUT2D eigenvalue weighted by Gasteiger charge is 2.40. The normalized spacial score (nSPS) is 14.8. The Morgan fingerprint density at radius 3 is 2.31 bits per heavy atom. The number of carbonyl (C=O) groups is 3. The number of amides is 2. The molecule has 0 spiro atoms. The molecule has 0 fully saturated rings. The molecule has 1 heterocycles. The third-order valence-electron chi connectivity index (χ3n) is 4.03. The summed E-state index contributed by atoms with van der Waals surface area (Å²) in [6, 6.07) is 12.3. The number of hydrogen-bond acceptors (Lipinski definition) is 5. The first-order valence-electron chi connectivity index (χ1n) is 7.87. The number of Topliss-reactive ketones (excluding diaryl/α,β-unsaturated/α-hetero) is 1. The van der Waals surface area contributed by atoms with Crippen molar-refractivity contribution < 1.29 is 22.8 Å². The van der Waals surface area contributed by atoms with Gasteiger partial charge in [0.25, 0.3) is 15.9 Å². The van der Waals surface area contributed by atoms with Gasteiger partial charge in [0.2, 0.25) is 5.91 Å². The van der Waals surface area contributed by atoms with E-state index in [1.54, 1.807) is 36.4 Å². The van der Waals surface area contributed by atoms with Crippen LogP contribution in [0.25, 0.3) is 0 Å². The van der Waals surface area contributed by atoms with E-state index in [-0.39, 0.29) is 29.2 Å². The highest BCUT2D eigenvalue weighted by Crippen LogP contribution is 2.29. The Morgan fingerprint density at radius 1 is 1.04 bits per heavy atom. The van der Waals surface area contributed by atoms with Gasteiger partial charge >= 0.3 is 0 Å². The van der Waals surface area contributed by atoms with Crippen LogP contribution >= 0.6 is 0 Å². The van der Waals surface area contributed by atoms with Gasteiger partial charge in [0.05, 0.1) is 5.56 Å². The van der Waals surface area contributed by atoms with Crippen molar-refractivity contribution in [2.45, 2.75) is 18.2 Å². The van der Waals surface area contributed by atoms with Crippen LogP contribution in [0.15, 0.2) is 53.4 Å². The summed E-state index contributed by atoms with van der Waals surface area (Å²) in [4.78, 5) is 35.5. The van der Waals surface area contributed by atoms with Gasteiger partial charge in [-0.15, -0.1) is 0 Å². The lowest BCUT2D eigenvalue weighted by molar-refractivity contribution is -0.116. The van der Waals surface area contributed by atoms with Crippen LogP contribution in [0, 0.1) is 0 Å². The lowest BCUT2D eigenvalue weighted by Crippen LogP contribution is -2.33. The molecule has 8 heteroatoms. The fourth-order valence-electron chi connectivity index (χ4n) is 2.67. The van der Waals surface area contributed by atoms with Gasteiger partial charge in [0, 0.05) is 24.2 Å². The molecule has 0 aromatic heterocycles. The van der Waals surface area contributed by atoms with Crippen LogP contribution in [0.2, 0.25) is 0 Å². The second kappa shape index (κ2) is 6.72. The van der Waals surface area contributed by atoms with Crippen LogP contribution in [-0.4, -0.2) is 36.9 Å². The van der Waals surface area contributed by atoms with Crippen LogP contribution in [-0.2, 0) is 14.8 Å². The van der Waals surface area contributed by atoms with Crippen LogP contribution in [0.3, 0.4) is 0 Å². The predicted octanol–water partition coefficient (Wildman–Crippen LogP) is 2.06. The molecule has 26 heavy (non-hydrogen) atoms. The van der Waals surface area contributed by atoms with Gasteiger partial charge in [0.15, 0.2) is 5.78 Å². The zero-order valence-corrected chi connectivity index (χ0v) is 14.7. The summed E-state index contributed by atoms with van der Waals surface area (Å²) in [5.74, 6) is -1.14. The molecule has 2 amide bonds. The van der Waals surface area contributed by atoms with Crippen molar-refractivity contribution in [3.05, 3.63) is 59.7 Å². The maximum absolute atomic E-state index is 12.4. The molecule has 2 aromatic carbocycles. The molecular formula is C18H16N2O5S. The quantitative estimate of drug-likeness (QED) is 0.810. The maximum Gasteiger partial charge on any atom is 0.269 e. The van der Waals surface area contributed by atoms with Crippen molar-refractivity contribution in [3.63, 3.8) is 0 Å². The molecule has 0 radical (unpaired) electrons. The van der Waals surface area contributed by atoms with Gasteiger partial charge in [-0.1, -0.05) is 12.1 Å². The molecule has 134 valence electrons. The summed E-state index contributed by atoms with van der Waals surface area (Å²) in [5, 5.41) is 2.61. The molecule has 0 aliphatic carbocycles. The molecule has 7 nitrogen and oxygen atoms in total. The summed E-state index contributed by atoms with van der Waals surface area (Å²) in [6.45, 7) is 1.20. The Labute approximate surface area is 150 Å². The average molecular weight is 372 g/mol. The first kappa shape index (κ1) is 17.8. The van der Waals surface area contributed by atoms with Crippen molar-refractivity contribution in [3.8, 4) is 0 Å². The highest BCUT2D eigenvalue weighted by molar-refractivity contribution is 7.90. The zero-order chi connectivity index (χ0) is 18.9. The Hall–Kier alpha value is -3.00. The smallest absolute Gasteiger partial charge is 0.269 e. The van der Waals surface area contributed by atoms with Crippen LogP contribution < -0.4 is 5.32 Å². The minimum absolute atomic E-state index is 0.0368. The molecule has 2 aromatic rings. The fourth-order valence-corrected chi connectivity index (χ4v) is 4.24. The lowest BCUT2D eigenvalue weighted by atomic mass is 10.1. The molecule has 0 saturated heterocycles. The number of rotatable bonds is 5. The van der Waals surface area contributed by atoms with Gasteiger partial charge in [-0.3, -0.25) is 14.4 Å². The fraction of sp³-hybridized carbons (Fsp3) is 0.167. The van der Waals surface area contributed by atoms with Crippen LogP contribution in [0.4, 0.5) is 5.69 Å². The molecule has 1 N–H and O–H groups in total. The molecular weight excluding hydrogens is 356 g/mol. The van der Waals surface area contributed by atoms with Crippen LogP contribution in [0.5, 0.6) is 0 Å². The van der Waals surface area contributed by atoms with Gasteiger partial charge in [0.1, 0.15) is 4.90 Å². The number of ketones is 1. The third-order valence-corrected chi connectivity index (χ3v) is 5.87. The van der Waals surface area contributed by atoms with Gasteiger partial charge in [-0.2, -0.15) is 0 Å². The van der Waals surface area contributed by atoms with Crippen molar-refractivity contribution in [1.29, 1.82) is 0 Å². The minimum Gasteiger partial charge on any atom is -0.326 e. The number of nitrogens with one attached hydrogen (secondary N) is 1. The number of nitrogens with zero attached hydrogens (tertiary/aromatic N) is 1. The molecule has 0 bridgehead atoms. The van der Waals surface area contributed by atoms with E-state index in [0.717, 1.165) is 4.31 Å². The van der Waals surface area contributed by atoms with E-state index in [2.05, 4.69) is 5.32 Å². The molecule has 0 saturated carbocycles. The zero-order valence-electron chi connectivity index (χ0n) is 13.9. The average Bonchev–Trinajstić information content (AvgIpc) is 2.80. The van der Waals surface area contributed by atoms with Crippen molar-refractivity contribution in [2.75, 3.05) is 11.9 Å². The van der Waals surface area contributed by atoms with Crippen molar-refractivity contribution in [2.24, 2.45) is 0 Å². The number of benzene rings is 2. The number of carbonyl (C=O) groups excluding carboxylic acids is 3. The summed E-state index contributed by atoms with van der Waals surface area (Å²) in [7, 11) is -3.91. The molecule has 0 atom stereocenters. The first-order chi connectivity index (χ1) is 12.3. The first-order valence-corrected chi connectivity index (χ1v) is 9.31. The SMILES string of the molecule is CC(=O)c1ccc(NC(=O)CCN2C(=O)c3ccccc3S2(=O)=O)cc1. The third kappa shape index (κ3) is 3.23. The number of fused-ring (bicyclic) bond motifs is 1. The Kier molecular flexibility index (Phi) is 4.60. The second-order valence-corrected chi connectivity index (χ2v) is 7.64. The minimum atomic E-state index is -3.91. The monoisotopic (exact) mass is 372 g/mol. The van der Waals surface area contributed by atoms with E-state index in [1.165, 1.54) is 19.1 Å².